The van der Waals surface area contributed by atoms with Crippen molar-refractivity contribution < 1.29 is 17.9 Å². The van der Waals surface area contributed by atoms with Gasteiger partial charge < -0.3 is 9.47 Å². The first-order chi connectivity index (χ1) is 12.9. The predicted octanol–water partition coefficient (Wildman–Crippen LogP) is 3.62. The number of amidine groups is 1. The molecule has 0 saturated heterocycles. The fourth-order valence-corrected chi connectivity index (χ4v) is 4.57. The summed E-state index contributed by atoms with van der Waals surface area (Å²) in [7, 11) is -0.563. The van der Waals surface area contributed by atoms with Crippen LogP contribution in [0.15, 0.2) is 53.0 Å². The highest BCUT2D eigenvalue weighted by molar-refractivity contribution is 8.00. The van der Waals surface area contributed by atoms with Crippen LogP contribution in [0.4, 0.5) is 0 Å². The predicted molar refractivity (Wildman–Crippen MR) is 107 cm³/mol. The second-order valence-electron chi connectivity index (χ2n) is 5.92. The van der Waals surface area contributed by atoms with Crippen molar-refractivity contribution in [1.82, 2.24) is 4.72 Å². The van der Waals surface area contributed by atoms with E-state index in [1.807, 2.05) is 12.1 Å². The minimum Gasteiger partial charge on any atom is -0.493 e. The summed E-state index contributed by atoms with van der Waals surface area (Å²) in [5, 5.41) is 0.471. The van der Waals surface area contributed by atoms with E-state index >= 15 is 0 Å². The van der Waals surface area contributed by atoms with Gasteiger partial charge in [-0.25, -0.2) is 8.42 Å². The van der Waals surface area contributed by atoms with Crippen molar-refractivity contribution in [2.24, 2.45) is 4.99 Å². The molecule has 0 atom stereocenters. The van der Waals surface area contributed by atoms with Gasteiger partial charge in [0.2, 0.25) is 0 Å². The minimum atomic E-state index is -3.69. The van der Waals surface area contributed by atoms with Crippen LogP contribution in [0.1, 0.15) is 18.1 Å². The van der Waals surface area contributed by atoms with Crippen molar-refractivity contribution in [2.75, 3.05) is 14.2 Å². The summed E-state index contributed by atoms with van der Waals surface area (Å²) in [5.41, 5.74) is 1.95. The average molecular weight is 407 g/mol. The molecule has 0 spiro atoms. The van der Waals surface area contributed by atoms with Crippen molar-refractivity contribution >= 4 is 32.4 Å². The van der Waals surface area contributed by atoms with Gasteiger partial charge in [-0.05, 0) is 42.3 Å². The second kappa shape index (κ2) is 7.62. The molecule has 27 heavy (non-hydrogen) atoms. The van der Waals surface area contributed by atoms with Crippen LogP contribution in [-0.4, -0.2) is 28.5 Å². The lowest BCUT2D eigenvalue weighted by Crippen LogP contribution is -2.23. The van der Waals surface area contributed by atoms with Gasteiger partial charge in [-0.15, -0.1) is 0 Å². The van der Waals surface area contributed by atoms with Crippen LogP contribution < -0.4 is 14.2 Å². The number of ether oxygens (including phenoxy) is 2. The van der Waals surface area contributed by atoms with Crippen LogP contribution in [0, 0.1) is 0 Å². The molecule has 0 saturated carbocycles. The quantitative estimate of drug-likeness (QED) is 0.822. The highest BCUT2D eigenvalue weighted by Gasteiger charge is 2.32. The summed E-state index contributed by atoms with van der Waals surface area (Å²) in [5.74, 6) is 1.53. The zero-order valence-electron chi connectivity index (χ0n) is 15.1. The maximum absolute atomic E-state index is 12.6. The molecule has 3 rings (SSSR count). The summed E-state index contributed by atoms with van der Waals surface area (Å²) in [6.07, 6.45) is 0. The fourth-order valence-electron chi connectivity index (χ4n) is 2.87. The van der Waals surface area contributed by atoms with Gasteiger partial charge in [0.15, 0.2) is 11.5 Å². The Morgan fingerprint density at radius 2 is 1.81 bits per heavy atom. The van der Waals surface area contributed by atoms with Crippen molar-refractivity contribution in [2.45, 2.75) is 13.5 Å². The monoisotopic (exact) mass is 406 g/mol. The number of hydrogen-bond donors (Lipinski definition) is 1. The summed E-state index contributed by atoms with van der Waals surface area (Å²) in [4.78, 5) is 4.63. The molecule has 1 aliphatic rings. The lowest BCUT2D eigenvalue weighted by atomic mass is 10.1. The van der Waals surface area contributed by atoms with E-state index in [0.717, 1.165) is 5.56 Å². The minimum absolute atomic E-state index is 0.191. The van der Waals surface area contributed by atoms with Gasteiger partial charge in [0.25, 0.3) is 10.0 Å². The first-order valence-corrected chi connectivity index (χ1v) is 9.97. The van der Waals surface area contributed by atoms with Gasteiger partial charge in [0.1, 0.15) is 10.7 Å². The van der Waals surface area contributed by atoms with Crippen molar-refractivity contribution in [3.05, 3.63) is 64.2 Å². The number of benzene rings is 2. The number of sulfonamides is 1. The molecule has 8 heteroatoms. The maximum Gasteiger partial charge on any atom is 0.264 e. The molecule has 0 aromatic heterocycles. The Kier molecular flexibility index (Phi) is 5.43. The molecule has 1 aliphatic heterocycles. The molecule has 0 radical (unpaired) electrons. The van der Waals surface area contributed by atoms with E-state index < -0.39 is 10.0 Å². The third-order valence-corrected chi connectivity index (χ3v) is 5.93. The van der Waals surface area contributed by atoms with E-state index in [1.165, 1.54) is 0 Å². The number of rotatable bonds is 5. The number of aliphatic imine (C=N–C) groups is 1. The van der Waals surface area contributed by atoms with Gasteiger partial charge in [-0.1, -0.05) is 29.8 Å². The van der Waals surface area contributed by atoms with E-state index in [9.17, 15) is 8.42 Å². The van der Waals surface area contributed by atoms with Crippen LogP contribution in [0.2, 0.25) is 5.02 Å². The molecule has 1 N–H and O–H groups in total. The number of halogens is 1. The topological polar surface area (TPSA) is 77.0 Å². The smallest absolute Gasteiger partial charge is 0.264 e. The normalized spacial score (nSPS) is 17.1. The number of nitrogens with zero attached hydrogens (tertiary/aromatic N) is 1. The Bertz CT molecular complexity index is 1050. The van der Waals surface area contributed by atoms with Crippen LogP contribution in [-0.2, 0) is 16.6 Å². The molecule has 0 amide bonds. The highest BCUT2D eigenvalue weighted by Crippen LogP contribution is 2.32. The van der Waals surface area contributed by atoms with Gasteiger partial charge in [-0.2, -0.15) is 0 Å². The molecule has 0 fully saturated rings. The van der Waals surface area contributed by atoms with Crippen LogP contribution in [0.3, 0.4) is 0 Å². The number of methoxy groups -OCH3 is 2. The highest BCUT2D eigenvalue weighted by atomic mass is 35.5. The van der Waals surface area contributed by atoms with Gasteiger partial charge in [0.05, 0.1) is 20.8 Å². The lowest BCUT2D eigenvalue weighted by molar-refractivity contribution is 0.354. The van der Waals surface area contributed by atoms with Crippen LogP contribution in [0.5, 0.6) is 11.5 Å². The SMILES string of the molecule is COc1ccc(CN=C2NS(=O)(=O)C(c3cccc(Cl)c3)=C2C)cc1OC. The van der Waals surface area contributed by atoms with Crippen LogP contribution in [0.25, 0.3) is 4.91 Å². The summed E-state index contributed by atoms with van der Waals surface area (Å²) in [6, 6.07) is 12.2. The van der Waals surface area contributed by atoms with Gasteiger partial charge in [0, 0.05) is 10.6 Å². The second-order valence-corrected chi connectivity index (χ2v) is 7.98. The van der Waals surface area contributed by atoms with E-state index in [-0.39, 0.29) is 4.91 Å². The lowest BCUT2D eigenvalue weighted by Gasteiger charge is -2.08. The molecule has 142 valence electrons. The van der Waals surface area contributed by atoms with E-state index in [1.54, 1.807) is 51.5 Å². The number of hydrogen-bond acceptors (Lipinski definition) is 5. The Balaban J connectivity index is 1.94. The maximum atomic E-state index is 12.6. The molecular weight excluding hydrogens is 388 g/mol. The van der Waals surface area contributed by atoms with Gasteiger partial charge in [-0.3, -0.25) is 9.71 Å². The summed E-state index contributed by atoms with van der Waals surface area (Å²) in [6.45, 7) is 2.01. The van der Waals surface area contributed by atoms with Crippen LogP contribution >= 0.6 is 11.6 Å². The Hall–Kier alpha value is -2.51. The van der Waals surface area contributed by atoms with Crippen molar-refractivity contribution in [3.63, 3.8) is 0 Å². The molecule has 6 nitrogen and oxygen atoms in total. The Morgan fingerprint density at radius 1 is 1.07 bits per heavy atom. The standard InChI is InChI=1S/C19H19ClN2O4S/c1-12-18(14-5-4-6-15(20)10-14)27(23,24)22-19(12)21-11-13-7-8-16(25-2)17(9-13)26-3/h4-10H,11H2,1-3H3,(H,21,22). The molecule has 0 unspecified atom stereocenters. The Labute approximate surface area is 163 Å². The van der Waals surface area contributed by atoms with Gasteiger partial charge >= 0.3 is 0 Å². The number of nitrogens with one attached hydrogen (secondary N) is 1. The third-order valence-electron chi connectivity index (χ3n) is 4.15. The summed E-state index contributed by atoms with van der Waals surface area (Å²) >= 11 is 6.00. The molecule has 2 aromatic carbocycles. The average Bonchev–Trinajstić information content (AvgIpc) is 2.87. The first kappa shape index (κ1) is 19.3. The molecular formula is C19H19ClN2O4S. The zero-order valence-corrected chi connectivity index (χ0v) is 16.7. The summed E-state index contributed by atoms with van der Waals surface area (Å²) < 4.78 is 38.1. The molecule has 1 heterocycles. The van der Waals surface area contributed by atoms with Crippen molar-refractivity contribution in [1.29, 1.82) is 0 Å². The Morgan fingerprint density at radius 3 is 2.48 bits per heavy atom. The van der Waals surface area contributed by atoms with E-state index in [2.05, 4.69) is 9.71 Å². The molecule has 0 aliphatic carbocycles. The largest absolute Gasteiger partial charge is 0.493 e. The zero-order chi connectivity index (χ0) is 19.6. The molecule has 2 aromatic rings. The molecule has 0 bridgehead atoms. The fraction of sp³-hybridized carbons (Fsp3) is 0.211. The third kappa shape index (κ3) is 3.94. The van der Waals surface area contributed by atoms with Crippen molar-refractivity contribution in [3.8, 4) is 11.5 Å². The first-order valence-electron chi connectivity index (χ1n) is 8.11. The van der Waals surface area contributed by atoms with E-state index in [0.29, 0.717) is 40.0 Å². The van der Waals surface area contributed by atoms with E-state index in [4.69, 9.17) is 21.1 Å².